The normalized spacial score (nSPS) is 10.8. The highest BCUT2D eigenvalue weighted by molar-refractivity contribution is 7.09. The van der Waals surface area contributed by atoms with Crippen LogP contribution in [0.2, 0.25) is 0 Å². The molecule has 4 rings (SSSR count). The quantitative estimate of drug-likeness (QED) is 0.523. The first-order chi connectivity index (χ1) is 12.7. The SMILES string of the molecule is COC(=O)c1ccc2c(c1)nc(Nc1ccccc1)n2Cc1cccs1. The van der Waals surface area contributed by atoms with Crippen LogP contribution in [0, 0.1) is 0 Å². The van der Waals surface area contributed by atoms with E-state index in [2.05, 4.69) is 21.3 Å². The van der Waals surface area contributed by atoms with Gasteiger partial charge in [-0.3, -0.25) is 0 Å². The Bertz CT molecular complexity index is 1040. The predicted molar refractivity (Wildman–Crippen MR) is 104 cm³/mol. The zero-order valence-electron chi connectivity index (χ0n) is 14.2. The van der Waals surface area contributed by atoms with Gasteiger partial charge in [0, 0.05) is 10.6 Å². The largest absolute Gasteiger partial charge is 0.465 e. The first-order valence-electron chi connectivity index (χ1n) is 8.17. The first-order valence-corrected chi connectivity index (χ1v) is 9.05. The van der Waals surface area contributed by atoms with Gasteiger partial charge in [-0.15, -0.1) is 11.3 Å². The van der Waals surface area contributed by atoms with Crippen LogP contribution in [0.3, 0.4) is 0 Å². The molecule has 0 amide bonds. The molecule has 130 valence electrons. The number of carbonyl (C=O) groups excluding carboxylic acids is 1. The Morgan fingerprint density at radius 3 is 2.73 bits per heavy atom. The second-order valence-corrected chi connectivity index (χ2v) is 6.82. The molecule has 0 aliphatic rings. The van der Waals surface area contributed by atoms with E-state index >= 15 is 0 Å². The number of nitrogens with one attached hydrogen (secondary N) is 1. The highest BCUT2D eigenvalue weighted by Gasteiger charge is 2.15. The third-order valence-corrected chi connectivity index (χ3v) is 4.95. The number of methoxy groups -OCH3 is 1. The molecular formula is C20H17N3O2S. The molecule has 0 fully saturated rings. The summed E-state index contributed by atoms with van der Waals surface area (Å²) in [6.45, 7) is 0.709. The summed E-state index contributed by atoms with van der Waals surface area (Å²) in [7, 11) is 1.38. The molecule has 0 saturated carbocycles. The molecule has 2 aromatic carbocycles. The second-order valence-electron chi connectivity index (χ2n) is 5.79. The molecule has 6 heteroatoms. The van der Waals surface area contributed by atoms with Crippen molar-refractivity contribution in [3.05, 3.63) is 76.5 Å². The Labute approximate surface area is 154 Å². The topological polar surface area (TPSA) is 56.1 Å². The van der Waals surface area contributed by atoms with E-state index in [4.69, 9.17) is 9.72 Å². The molecule has 2 heterocycles. The van der Waals surface area contributed by atoms with Gasteiger partial charge in [0.15, 0.2) is 0 Å². The van der Waals surface area contributed by atoms with Gasteiger partial charge in [0.2, 0.25) is 5.95 Å². The number of esters is 1. The molecule has 0 unspecified atom stereocenters. The van der Waals surface area contributed by atoms with Crippen LogP contribution in [-0.2, 0) is 11.3 Å². The number of aromatic nitrogens is 2. The number of anilines is 2. The van der Waals surface area contributed by atoms with Crippen molar-refractivity contribution < 1.29 is 9.53 Å². The van der Waals surface area contributed by atoms with Gasteiger partial charge in [0.1, 0.15) is 0 Å². The van der Waals surface area contributed by atoms with Gasteiger partial charge in [-0.25, -0.2) is 9.78 Å². The molecule has 0 radical (unpaired) electrons. The van der Waals surface area contributed by atoms with Crippen molar-refractivity contribution in [3.63, 3.8) is 0 Å². The molecule has 0 aliphatic carbocycles. The fourth-order valence-electron chi connectivity index (χ4n) is 2.84. The van der Waals surface area contributed by atoms with Gasteiger partial charge < -0.3 is 14.6 Å². The summed E-state index contributed by atoms with van der Waals surface area (Å²) >= 11 is 1.71. The summed E-state index contributed by atoms with van der Waals surface area (Å²) < 4.78 is 6.94. The van der Waals surface area contributed by atoms with E-state index in [9.17, 15) is 4.79 Å². The van der Waals surface area contributed by atoms with E-state index in [-0.39, 0.29) is 5.97 Å². The van der Waals surface area contributed by atoms with E-state index in [1.807, 2.05) is 42.5 Å². The fraction of sp³-hybridized carbons (Fsp3) is 0.100. The Hall–Kier alpha value is -3.12. The number of imidazole rings is 1. The monoisotopic (exact) mass is 363 g/mol. The molecule has 1 N–H and O–H groups in total. The third kappa shape index (κ3) is 3.19. The van der Waals surface area contributed by atoms with Crippen molar-refractivity contribution in [2.24, 2.45) is 0 Å². The van der Waals surface area contributed by atoms with Crippen LogP contribution in [-0.4, -0.2) is 22.6 Å². The maximum Gasteiger partial charge on any atom is 0.337 e. The maximum absolute atomic E-state index is 11.8. The Morgan fingerprint density at radius 1 is 1.15 bits per heavy atom. The number of fused-ring (bicyclic) bond motifs is 1. The smallest absolute Gasteiger partial charge is 0.337 e. The van der Waals surface area contributed by atoms with Crippen molar-refractivity contribution in [2.75, 3.05) is 12.4 Å². The van der Waals surface area contributed by atoms with Crippen molar-refractivity contribution in [3.8, 4) is 0 Å². The number of benzene rings is 2. The van der Waals surface area contributed by atoms with Crippen molar-refractivity contribution in [2.45, 2.75) is 6.54 Å². The number of para-hydroxylation sites is 1. The molecule has 26 heavy (non-hydrogen) atoms. The van der Waals surface area contributed by atoms with E-state index in [0.29, 0.717) is 12.1 Å². The molecule has 0 bridgehead atoms. The van der Waals surface area contributed by atoms with E-state index in [1.165, 1.54) is 12.0 Å². The van der Waals surface area contributed by atoms with Gasteiger partial charge in [-0.1, -0.05) is 24.3 Å². The third-order valence-electron chi connectivity index (χ3n) is 4.09. The van der Waals surface area contributed by atoms with Crippen LogP contribution in [0.1, 0.15) is 15.2 Å². The van der Waals surface area contributed by atoms with Crippen molar-refractivity contribution >= 4 is 40.0 Å². The summed E-state index contributed by atoms with van der Waals surface area (Å²) in [4.78, 5) is 17.8. The molecular weight excluding hydrogens is 346 g/mol. The van der Waals surface area contributed by atoms with Gasteiger partial charge >= 0.3 is 5.97 Å². The van der Waals surface area contributed by atoms with E-state index in [0.717, 1.165) is 22.7 Å². The summed E-state index contributed by atoms with van der Waals surface area (Å²) in [5.74, 6) is 0.374. The lowest BCUT2D eigenvalue weighted by Crippen LogP contribution is -2.04. The zero-order chi connectivity index (χ0) is 17.9. The number of ether oxygens (including phenoxy) is 1. The van der Waals surface area contributed by atoms with Gasteiger partial charge in [-0.05, 0) is 41.8 Å². The lowest BCUT2D eigenvalue weighted by atomic mass is 10.2. The Morgan fingerprint density at radius 2 is 2.00 bits per heavy atom. The van der Waals surface area contributed by atoms with Crippen LogP contribution < -0.4 is 5.32 Å². The fourth-order valence-corrected chi connectivity index (χ4v) is 3.53. The molecule has 0 atom stereocenters. The molecule has 4 aromatic rings. The van der Waals surface area contributed by atoms with Crippen LogP contribution in [0.15, 0.2) is 66.0 Å². The Balaban J connectivity index is 1.80. The summed E-state index contributed by atoms with van der Waals surface area (Å²) in [5.41, 5.74) is 3.17. The maximum atomic E-state index is 11.8. The number of rotatable bonds is 5. The highest BCUT2D eigenvalue weighted by Crippen LogP contribution is 2.26. The molecule has 0 aliphatic heterocycles. The lowest BCUT2D eigenvalue weighted by molar-refractivity contribution is 0.0601. The zero-order valence-corrected chi connectivity index (χ0v) is 15.0. The van der Waals surface area contributed by atoms with E-state index in [1.54, 1.807) is 23.5 Å². The Kier molecular flexibility index (Phi) is 4.41. The van der Waals surface area contributed by atoms with Crippen molar-refractivity contribution in [1.82, 2.24) is 9.55 Å². The number of hydrogen-bond acceptors (Lipinski definition) is 5. The number of nitrogens with zero attached hydrogens (tertiary/aromatic N) is 2. The molecule has 0 spiro atoms. The number of carbonyl (C=O) groups is 1. The minimum Gasteiger partial charge on any atom is -0.465 e. The van der Waals surface area contributed by atoms with Crippen LogP contribution in [0.5, 0.6) is 0 Å². The average Bonchev–Trinajstić information content (AvgIpc) is 3.30. The van der Waals surface area contributed by atoms with Crippen molar-refractivity contribution in [1.29, 1.82) is 0 Å². The predicted octanol–water partition coefficient (Wildman–Crippen LogP) is 4.68. The van der Waals surface area contributed by atoms with Crippen LogP contribution in [0.25, 0.3) is 11.0 Å². The standard InChI is InChI=1S/C20H17N3O2S/c1-25-19(24)14-9-10-18-17(12-14)22-20(21-15-6-3-2-4-7-15)23(18)13-16-8-5-11-26-16/h2-12H,13H2,1H3,(H,21,22). The minimum atomic E-state index is -0.364. The summed E-state index contributed by atoms with van der Waals surface area (Å²) in [6, 6.07) is 19.5. The number of thiophene rings is 1. The average molecular weight is 363 g/mol. The molecule has 0 saturated heterocycles. The van der Waals surface area contributed by atoms with Gasteiger partial charge in [-0.2, -0.15) is 0 Å². The van der Waals surface area contributed by atoms with E-state index < -0.39 is 0 Å². The van der Waals surface area contributed by atoms with Crippen LogP contribution >= 0.6 is 11.3 Å². The molecule has 2 aromatic heterocycles. The lowest BCUT2D eigenvalue weighted by Gasteiger charge is -2.10. The summed E-state index contributed by atoms with van der Waals surface area (Å²) in [5, 5.41) is 5.44. The summed E-state index contributed by atoms with van der Waals surface area (Å²) in [6.07, 6.45) is 0. The van der Waals surface area contributed by atoms with Crippen LogP contribution in [0.4, 0.5) is 11.6 Å². The molecule has 5 nitrogen and oxygen atoms in total. The number of hydrogen-bond donors (Lipinski definition) is 1. The van der Waals surface area contributed by atoms with Gasteiger partial charge in [0.05, 0.1) is 30.3 Å². The second kappa shape index (κ2) is 7.01. The van der Waals surface area contributed by atoms with Gasteiger partial charge in [0.25, 0.3) is 0 Å². The highest BCUT2D eigenvalue weighted by atomic mass is 32.1. The minimum absolute atomic E-state index is 0.364. The first kappa shape index (κ1) is 16.4.